The Kier molecular flexibility index (Phi) is 7.22. The van der Waals surface area contributed by atoms with Gasteiger partial charge in [-0.3, -0.25) is 4.90 Å². The van der Waals surface area contributed by atoms with E-state index in [1.54, 1.807) is 0 Å². The van der Waals surface area contributed by atoms with Gasteiger partial charge in [0.2, 0.25) is 0 Å². The van der Waals surface area contributed by atoms with Crippen LogP contribution in [-0.2, 0) is 13.0 Å². The predicted octanol–water partition coefficient (Wildman–Crippen LogP) is 3.38. The van der Waals surface area contributed by atoms with E-state index in [2.05, 4.69) is 28.9 Å². The molecule has 0 aromatic heterocycles. The van der Waals surface area contributed by atoms with Gasteiger partial charge in [-0.2, -0.15) is 0 Å². The lowest BCUT2D eigenvalue weighted by Crippen LogP contribution is -2.46. The molecule has 3 rings (SSSR count). The Hall–Kier alpha value is -2.19. The second-order valence-corrected chi connectivity index (χ2v) is 7.75. The molecule has 1 aliphatic heterocycles. The molecular formula is C24H28FNO2. The molecular weight excluding hydrogens is 353 g/mol. The second kappa shape index (κ2) is 9.84. The molecule has 2 aromatic rings. The first kappa shape index (κ1) is 20.5. The molecule has 28 heavy (non-hydrogen) atoms. The quantitative estimate of drug-likeness (QED) is 0.754. The van der Waals surface area contributed by atoms with Crippen LogP contribution in [-0.4, -0.2) is 41.4 Å². The molecule has 3 nitrogen and oxygen atoms in total. The third-order valence-corrected chi connectivity index (χ3v) is 5.40. The number of likely N-dealkylation sites (tertiary alicyclic amines) is 1. The molecule has 0 radical (unpaired) electrons. The average Bonchev–Trinajstić information content (AvgIpc) is 2.72. The summed E-state index contributed by atoms with van der Waals surface area (Å²) in [5.74, 6) is 5.76. The first-order valence-electron chi connectivity index (χ1n) is 9.89. The molecule has 1 atom stereocenters. The number of hydrogen-bond acceptors (Lipinski definition) is 3. The SMILES string of the molecule is OCCC#Cc1ccc(CN2CCC[C@@](CO)(Cc3ccc(F)cc3)C2)cc1. The standard InChI is InChI=1S/C24H28FNO2/c25-23-11-9-21(10-12-23)16-24(19-28)13-3-14-26(18-24)17-22-7-5-20(6-8-22)4-1-2-15-27/h5-12,27-28H,2-3,13-19H2/t24-/m1/s1. The number of hydrogen-bond donors (Lipinski definition) is 2. The van der Waals surface area contributed by atoms with Crippen molar-refractivity contribution >= 4 is 0 Å². The lowest BCUT2D eigenvalue weighted by Gasteiger charge is -2.42. The van der Waals surface area contributed by atoms with Crippen molar-refractivity contribution in [1.82, 2.24) is 4.90 Å². The van der Waals surface area contributed by atoms with E-state index in [-0.39, 0.29) is 24.4 Å². The van der Waals surface area contributed by atoms with Crippen LogP contribution in [0.3, 0.4) is 0 Å². The Bertz CT molecular complexity index is 807. The highest BCUT2D eigenvalue weighted by Crippen LogP contribution is 2.34. The number of aliphatic hydroxyl groups excluding tert-OH is 2. The summed E-state index contributed by atoms with van der Waals surface area (Å²) in [5, 5.41) is 18.9. The van der Waals surface area contributed by atoms with Crippen molar-refractivity contribution in [2.45, 2.75) is 32.2 Å². The molecule has 2 aromatic carbocycles. The van der Waals surface area contributed by atoms with Crippen LogP contribution in [0, 0.1) is 23.1 Å². The highest BCUT2D eigenvalue weighted by atomic mass is 19.1. The van der Waals surface area contributed by atoms with Gasteiger partial charge < -0.3 is 10.2 Å². The molecule has 2 N–H and O–H groups in total. The van der Waals surface area contributed by atoms with Crippen molar-refractivity contribution in [2.24, 2.45) is 5.41 Å². The van der Waals surface area contributed by atoms with Gasteiger partial charge in [0.25, 0.3) is 0 Å². The van der Waals surface area contributed by atoms with Crippen LogP contribution < -0.4 is 0 Å². The summed E-state index contributed by atoms with van der Waals surface area (Å²) in [5.41, 5.74) is 3.08. The van der Waals surface area contributed by atoms with Crippen LogP contribution in [0.2, 0.25) is 0 Å². The number of piperidine rings is 1. The van der Waals surface area contributed by atoms with Crippen molar-refractivity contribution in [1.29, 1.82) is 0 Å². The van der Waals surface area contributed by atoms with Gasteiger partial charge in [-0.15, -0.1) is 0 Å². The van der Waals surface area contributed by atoms with E-state index < -0.39 is 0 Å². The molecule has 1 aliphatic rings. The third-order valence-electron chi connectivity index (χ3n) is 5.40. The summed E-state index contributed by atoms with van der Waals surface area (Å²) in [6.45, 7) is 2.92. The highest BCUT2D eigenvalue weighted by Gasteiger charge is 2.35. The maximum absolute atomic E-state index is 13.2. The Morgan fingerprint density at radius 2 is 1.71 bits per heavy atom. The Balaban J connectivity index is 1.63. The zero-order valence-electron chi connectivity index (χ0n) is 16.2. The van der Waals surface area contributed by atoms with E-state index in [0.29, 0.717) is 6.42 Å². The topological polar surface area (TPSA) is 43.7 Å². The molecule has 1 heterocycles. The smallest absolute Gasteiger partial charge is 0.123 e. The van der Waals surface area contributed by atoms with E-state index in [0.717, 1.165) is 50.0 Å². The van der Waals surface area contributed by atoms with Crippen molar-refractivity contribution in [3.05, 3.63) is 71.0 Å². The van der Waals surface area contributed by atoms with Gasteiger partial charge in [0.15, 0.2) is 0 Å². The van der Waals surface area contributed by atoms with Gasteiger partial charge in [-0.25, -0.2) is 4.39 Å². The normalized spacial score (nSPS) is 19.8. The number of halogens is 1. The molecule has 1 fully saturated rings. The lowest BCUT2D eigenvalue weighted by atomic mass is 9.75. The molecule has 0 saturated carbocycles. The van der Waals surface area contributed by atoms with E-state index >= 15 is 0 Å². The highest BCUT2D eigenvalue weighted by molar-refractivity contribution is 5.36. The van der Waals surface area contributed by atoms with Crippen LogP contribution in [0.15, 0.2) is 48.5 Å². The van der Waals surface area contributed by atoms with Crippen molar-refractivity contribution in [3.63, 3.8) is 0 Å². The number of benzene rings is 2. The summed E-state index contributed by atoms with van der Waals surface area (Å²) in [4.78, 5) is 2.40. The maximum atomic E-state index is 13.2. The van der Waals surface area contributed by atoms with Gasteiger partial charge in [-0.1, -0.05) is 36.1 Å². The Morgan fingerprint density at radius 1 is 1.00 bits per heavy atom. The summed E-state index contributed by atoms with van der Waals surface area (Å²) in [6, 6.07) is 14.8. The number of rotatable bonds is 6. The van der Waals surface area contributed by atoms with Crippen LogP contribution >= 0.6 is 0 Å². The van der Waals surface area contributed by atoms with Gasteiger partial charge >= 0.3 is 0 Å². The molecule has 4 heteroatoms. The largest absolute Gasteiger partial charge is 0.396 e. The van der Waals surface area contributed by atoms with E-state index in [1.165, 1.54) is 17.7 Å². The van der Waals surface area contributed by atoms with Crippen LogP contribution in [0.5, 0.6) is 0 Å². The average molecular weight is 381 g/mol. The minimum absolute atomic E-state index is 0.0879. The molecule has 148 valence electrons. The molecule has 0 bridgehead atoms. The predicted molar refractivity (Wildman–Crippen MR) is 109 cm³/mol. The van der Waals surface area contributed by atoms with Crippen LogP contribution in [0.4, 0.5) is 4.39 Å². The van der Waals surface area contributed by atoms with Gasteiger partial charge in [-0.05, 0) is 61.2 Å². The minimum atomic E-state index is -0.225. The van der Waals surface area contributed by atoms with Crippen molar-refractivity contribution in [2.75, 3.05) is 26.3 Å². The number of nitrogens with zero attached hydrogens (tertiary/aromatic N) is 1. The van der Waals surface area contributed by atoms with Gasteiger partial charge in [0.05, 0.1) is 13.2 Å². The van der Waals surface area contributed by atoms with Gasteiger partial charge in [0, 0.05) is 30.5 Å². The molecule has 0 aliphatic carbocycles. The first-order valence-corrected chi connectivity index (χ1v) is 9.89. The summed E-state index contributed by atoms with van der Waals surface area (Å²) in [6.07, 6.45) is 3.29. The van der Waals surface area contributed by atoms with E-state index in [9.17, 15) is 9.50 Å². The first-order chi connectivity index (χ1) is 13.6. The summed E-state index contributed by atoms with van der Waals surface area (Å²) in [7, 11) is 0. The molecule has 1 saturated heterocycles. The van der Waals surface area contributed by atoms with Gasteiger partial charge in [0.1, 0.15) is 5.82 Å². The van der Waals surface area contributed by atoms with E-state index in [1.807, 2.05) is 24.3 Å². The number of aliphatic hydroxyl groups is 2. The Labute approximate surface area is 166 Å². The molecule has 0 spiro atoms. The van der Waals surface area contributed by atoms with Crippen LogP contribution in [0.25, 0.3) is 0 Å². The summed E-state index contributed by atoms with van der Waals surface area (Å²) < 4.78 is 13.2. The lowest BCUT2D eigenvalue weighted by molar-refractivity contribution is 0.0288. The minimum Gasteiger partial charge on any atom is -0.396 e. The molecule has 0 unspecified atom stereocenters. The third kappa shape index (κ3) is 5.65. The fourth-order valence-electron chi connectivity index (χ4n) is 3.98. The fourth-order valence-corrected chi connectivity index (χ4v) is 3.98. The van der Waals surface area contributed by atoms with Crippen molar-refractivity contribution in [3.8, 4) is 11.8 Å². The molecule has 0 amide bonds. The van der Waals surface area contributed by atoms with Crippen molar-refractivity contribution < 1.29 is 14.6 Å². The zero-order valence-corrected chi connectivity index (χ0v) is 16.2. The summed E-state index contributed by atoms with van der Waals surface area (Å²) >= 11 is 0. The Morgan fingerprint density at radius 3 is 2.39 bits per heavy atom. The van der Waals surface area contributed by atoms with Crippen LogP contribution in [0.1, 0.15) is 36.0 Å². The second-order valence-electron chi connectivity index (χ2n) is 7.75. The maximum Gasteiger partial charge on any atom is 0.123 e. The zero-order chi connectivity index (χ0) is 19.8. The monoisotopic (exact) mass is 381 g/mol. The fraction of sp³-hybridized carbons (Fsp3) is 0.417. The van der Waals surface area contributed by atoms with E-state index in [4.69, 9.17) is 5.11 Å².